The van der Waals surface area contributed by atoms with E-state index in [1.165, 1.54) is 0 Å². The van der Waals surface area contributed by atoms with Gasteiger partial charge in [-0.2, -0.15) is 0 Å². The van der Waals surface area contributed by atoms with E-state index in [0.29, 0.717) is 5.88 Å². The molecular formula is C12H23N3O. The maximum absolute atomic E-state index is 5.82. The second-order valence-corrected chi connectivity index (χ2v) is 4.12. The summed E-state index contributed by atoms with van der Waals surface area (Å²) in [6.07, 6.45) is 3.56. The number of nitrogens with one attached hydrogen (secondary N) is 2. The Balaban J connectivity index is 2.37. The Bertz CT molecular complexity index is 286. The highest BCUT2D eigenvalue weighted by molar-refractivity contribution is 5.12. The number of hydrogen-bond donors (Lipinski definition) is 2. The average Bonchev–Trinajstić information content (AvgIpc) is 2.65. The Morgan fingerprint density at radius 1 is 1.44 bits per heavy atom. The van der Waals surface area contributed by atoms with Crippen molar-refractivity contribution in [2.75, 3.05) is 13.1 Å². The zero-order valence-corrected chi connectivity index (χ0v) is 10.5. The third-order valence-corrected chi connectivity index (χ3v) is 2.38. The number of ether oxygens (including phenoxy) is 1. The Morgan fingerprint density at radius 2 is 2.25 bits per heavy atom. The lowest BCUT2D eigenvalue weighted by atomic mass is 10.2. The fourth-order valence-corrected chi connectivity index (χ4v) is 1.59. The van der Waals surface area contributed by atoms with Crippen molar-refractivity contribution >= 4 is 0 Å². The average molecular weight is 225 g/mol. The second kappa shape index (κ2) is 7.28. The van der Waals surface area contributed by atoms with Crippen LogP contribution < -0.4 is 10.1 Å². The van der Waals surface area contributed by atoms with Gasteiger partial charge in [0.1, 0.15) is 6.10 Å². The molecule has 0 aliphatic heterocycles. The molecule has 0 saturated heterocycles. The van der Waals surface area contributed by atoms with Gasteiger partial charge in [0, 0.05) is 18.3 Å². The molecule has 0 saturated carbocycles. The van der Waals surface area contributed by atoms with Crippen molar-refractivity contribution < 1.29 is 4.74 Å². The zero-order chi connectivity index (χ0) is 11.8. The standard InChI is InChI=1S/C12H23N3O/c1-4-6-11(9-13-7-5-2)16-12-8-10(3)14-15-12/h8,11,13H,4-7,9H2,1-3H3,(H,14,15). The molecule has 1 rings (SSSR count). The number of aryl methyl sites for hydroxylation is 1. The molecule has 0 radical (unpaired) electrons. The van der Waals surface area contributed by atoms with E-state index in [9.17, 15) is 0 Å². The molecule has 16 heavy (non-hydrogen) atoms. The van der Waals surface area contributed by atoms with Crippen molar-refractivity contribution in [1.82, 2.24) is 15.5 Å². The van der Waals surface area contributed by atoms with Gasteiger partial charge >= 0.3 is 0 Å². The Kier molecular flexibility index (Phi) is 5.93. The van der Waals surface area contributed by atoms with Crippen LogP contribution in [0.4, 0.5) is 0 Å². The van der Waals surface area contributed by atoms with Gasteiger partial charge in [-0.05, 0) is 26.3 Å². The highest BCUT2D eigenvalue weighted by Gasteiger charge is 2.10. The van der Waals surface area contributed by atoms with E-state index in [-0.39, 0.29) is 6.10 Å². The quantitative estimate of drug-likeness (QED) is 0.667. The van der Waals surface area contributed by atoms with Gasteiger partial charge in [0.05, 0.1) is 0 Å². The molecular weight excluding hydrogens is 202 g/mol. The van der Waals surface area contributed by atoms with Crippen LogP contribution >= 0.6 is 0 Å². The first-order valence-electron chi connectivity index (χ1n) is 6.15. The van der Waals surface area contributed by atoms with Gasteiger partial charge in [-0.25, -0.2) is 0 Å². The number of hydrogen-bond acceptors (Lipinski definition) is 3. The Hall–Kier alpha value is -1.03. The minimum atomic E-state index is 0.222. The van der Waals surface area contributed by atoms with Crippen LogP contribution in [0.5, 0.6) is 5.88 Å². The van der Waals surface area contributed by atoms with Crippen molar-refractivity contribution in [3.05, 3.63) is 11.8 Å². The first kappa shape index (κ1) is 13.0. The van der Waals surface area contributed by atoms with Crippen LogP contribution in [0.3, 0.4) is 0 Å². The monoisotopic (exact) mass is 225 g/mol. The van der Waals surface area contributed by atoms with Crippen LogP contribution in [-0.4, -0.2) is 29.4 Å². The maximum Gasteiger partial charge on any atom is 0.233 e. The van der Waals surface area contributed by atoms with Crippen molar-refractivity contribution in [2.45, 2.75) is 46.1 Å². The highest BCUT2D eigenvalue weighted by atomic mass is 16.5. The summed E-state index contributed by atoms with van der Waals surface area (Å²) in [6, 6.07) is 1.93. The minimum absolute atomic E-state index is 0.222. The van der Waals surface area contributed by atoms with E-state index in [4.69, 9.17) is 4.74 Å². The number of nitrogens with zero attached hydrogens (tertiary/aromatic N) is 1. The lowest BCUT2D eigenvalue weighted by Crippen LogP contribution is -2.31. The molecule has 0 spiro atoms. The van der Waals surface area contributed by atoms with Gasteiger partial charge in [0.15, 0.2) is 0 Å². The van der Waals surface area contributed by atoms with Crippen LogP contribution in [0.2, 0.25) is 0 Å². The van der Waals surface area contributed by atoms with Crippen molar-refractivity contribution in [3.8, 4) is 5.88 Å². The number of aromatic nitrogens is 2. The van der Waals surface area contributed by atoms with Crippen molar-refractivity contribution in [2.24, 2.45) is 0 Å². The fraction of sp³-hybridized carbons (Fsp3) is 0.750. The molecule has 1 heterocycles. The first-order valence-corrected chi connectivity index (χ1v) is 6.15. The van der Waals surface area contributed by atoms with Gasteiger partial charge in [-0.1, -0.05) is 20.3 Å². The van der Waals surface area contributed by atoms with E-state index in [2.05, 4.69) is 29.4 Å². The Morgan fingerprint density at radius 3 is 2.81 bits per heavy atom. The van der Waals surface area contributed by atoms with Crippen LogP contribution in [-0.2, 0) is 0 Å². The number of aromatic amines is 1. The molecule has 1 aromatic heterocycles. The van der Waals surface area contributed by atoms with E-state index >= 15 is 0 Å². The molecule has 0 aliphatic carbocycles. The summed E-state index contributed by atoms with van der Waals surface area (Å²) in [5.74, 6) is 0.703. The topological polar surface area (TPSA) is 49.9 Å². The van der Waals surface area contributed by atoms with Crippen LogP contribution in [0.1, 0.15) is 38.8 Å². The van der Waals surface area contributed by atoms with Crippen LogP contribution in [0.15, 0.2) is 6.07 Å². The molecule has 4 nitrogen and oxygen atoms in total. The number of H-pyrrole nitrogens is 1. The van der Waals surface area contributed by atoms with Crippen molar-refractivity contribution in [1.29, 1.82) is 0 Å². The van der Waals surface area contributed by atoms with E-state index in [1.807, 2.05) is 13.0 Å². The smallest absolute Gasteiger partial charge is 0.233 e. The predicted octanol–water partition coefficient (Wildman–Crippen LogP) is 2.27. The molecule has 4 heteroatoms. The molecule has 0 amide bonds. The summed E-state index contributed by atoms with van der Waals surface area (Å²) in [6.45, 7) is 8.26. The van der Waals surface area contributed by atoms with Gasteiger partial charge in [-0.15, -0.1) is 5.10 Å². The Labute approximate surface area is 97.8 Å². The normalized spacial score (nSPS) is 12.7. The summed E-state index contributed by atoms with van der Waals surface area (Å²) in [7, 11) is 0. The molecule has 0 aromatic carbocycles. The van der Waals surface area contributed by atoms with Gasteiger partial charge < -0.3 is 10.1 Å². The van der Waals surface area contributed by atoms with Gasteiger partial charge in [-0.3, -0.25) is 5.10 Å². The molecule has 1 atom stereocenters. The molecule has 1 unspecified atom stereocenters. The summed E-state index contributed by atoms with van der Waals surface area (Å²) in [5, 5.41) is 10.4. The van der Waals surface area contributed by atoms with E-state index < -0.39 is 0 Å². The molecule has 0 aliphatic rings. The van der Waals surface area contributed by atoms with Gasteiger partial charge in [0.2, 0.25) is 5.88 Å². The molecule has 0 fully saturated rings. The number of rotatable bonds is 8. The third kappa shape index (κ3) is 4.66. The van der Waals surface area contributed by atoms with Gasteiger partial charge in [0.25, 0.3) is 0 Å². The van der Waals surface area contributed by atoms with E-state index in [1.54, 1.807) is 0 Å². The summed E-state index contributed by atoms with van der Waals surface area (Å²) in [5.41, 5.74) is 1.03. The van der Waals surface area contributed by atoms with E-state index in [0.717, 1.165) is 38.0 Å². The van der Waals surface area contributed by atoms with Crippen LogP contribution in [0, 0.1) is 6.92 Å². The minimum Gasteiger partial charge on any atom is -0.472 e. The first-order chi connectivity index (χ1) is 7.76. The second-order valence-electron chi connectivity index (χ2n) is 4.12. The summed E-state index contributed by atoms with van der Waals surface area (Å²) < 4.78 is 5.82. The summed E-state index contributed by atoms with van der Waals surface area (Å²) >= 11 is 0. The molecule has 0 bridgehead atoms. The molecule has 1 aromatic rings. The lowest BCUT2D eigenvalue weighted by molar-refractivity contribution is 0.179. The third-order valence-electron chi connectivity index (χ3n) is 2.38. The largest absolute Gasteiger partial charge is 0.472 e. The van der Waals surface area contributed by atoms with Crippen molar-refractivity contribution in [3.63, 3.8) is 0 Å². The highest BCUT2D eigenvalue weighted by Crippen LogP contribution is 2.11. The predicted molar refractivity (Wildman–Crippen MR) is 65.8 cm³/mol. The summed E-state index contributed by atoms with van der Waals surface area (Å²) in [4.78, 5) is 0. The SMILES string of the molecule is CCCNCC(CCC)Oc1cc(C)[nH]n1. The zero-order valence-electron chi connectivity index (χ0n) is 10.5. The lowest BCUT2D eigenvalue weighted by Gasteiger charge is -2.17. The van der Waals surface area contributed by atoms with Crippen LogP contribution in [0.25, 0.3) is 0 Å². The molecule has 92 valence electrons. The maximum atomic E-state index is 5.82. The molecule has 2 N–H and O–H groups in total. The fourth-order valence-electron chi connectivity index (χ4n) is 1.59.